The lowest BCUT2D eigenvalue weighted by atomic mass is 10.2. The van der Waals surface area contributed by atoms with Crippen molar-refractivity contribution in [1.29, 1.82) is 0 Å². The maximum absolute atomic E-state index is 11.4. The fourth-order valence-corrected chi connectivity index (χ4v) is 1.30. The van der Waals surface area contributed by atoms with E-state index in [9.17, 15) is 9.59 Å². The van der Waals surface area contributed by atoms with E-state index in [0.29, 0.717) is 5.76 Å². The molecule has 2 atom stereocenters. The fourth-order valence-electron chi connectivity index (χ4n) is 1.30. The van der Waals surface area contributed by atoms with Gasteiger partial charge in [-0.05, 0) is 19.1 Å². The Kier molecular flexibility index (Phi) is 5.19. The standard InChI is InChI=1S/C11H16N2O5/c1-7(9-3-2-6-18-9)13-11(17)12-5-4-8(14)10(15)16/h2-3,6-8,14H,4-5H2,1H3,(H,15,16)(H2,12,13,17)/t7?,8-/m0/s1. The molecular formula is C11H16N2O5. The van der Waals surface area contributed by atoms with E-state index in [0.717, 1.165) is 0 Å². The number of furan rings is 1. The lowest BCUT2D eigenvalue weighted by Gasteiger charge is -2.13. The number of urea groups is 1. The van der Waals surface area contributed by atoms with Gasteiger partial charge >= 0.3 is 12.0 Å². The van der Waals surface area contributed by atoms with Crippen molar-refractivity contribution in [3.8, 4) is 0 Å². The molecule has 1 rings (SSSR count). The Hall–Kier alpha value is -2.02. The van der Waals surface area contributed by atoms with Gasteiger partial charge in [0.15, 0.2) is 6.10 Å². The second-order valence-corrected chi connectivity index (χ2v) is 3.78. The molecule has 0 saturated heterocycles. The number of carboxylic acid groups (broad SMARTS) is 1. The van der Waals surface area contributed by atoms with Gasteiger partial charge in [0.1, 0.15) is 5.76 Å². The van der Waals surface area contributed by atoms with Gasteiger partial charge < -0.3 is 25.3 Å². The van der Waals surface area contributed by atoms with Gasteiger partial charge in [-0.15, -0.1) is 0 Å². The van der Waals surface area contributed by atoms with Crippen LogP contribution in [0.25, 0.3) is 0 Å². The Morgan fingerprint density at radius 1 is 1.50 bits per heavy atom. The smallest absolute Gasteiger partial charge is 0.332 e. The quantitative estimate of drug-likeness (QED) is 0.591. The number of carbonyl (C=O) groups excluding carboxylic acids is 1. The number of nitrogens with one attached hydrogen (secondary N) is 2. The molecule has 7 heteroatoms. The molecule has 0 aliphatic rings. The van der Waals surface area contributed by atoms with Crippen LogP contribution in [-0.2, 0) is 4.79 Å². The number of carboxylic acids is 1. The molecule has 0 fully saturated rings. The zero-order valence-corrected chi connectivity index (χ0v) is 9.92. The summed E-state index contributed by atoms with van der Waals surface area (Å²) in [4.78, 5) is 21.7. The summed E-state index contributed by atoms with van der Waals surface area (Å²) >= 11 is 0. The largest absolute Gasteiger partial charge is 0.479 e. The molecule has 4 N–H and O–H groups in total. The van der Waals surface area contributed by atoms with E-state index in [4.69, 9.17) is 14.6 Å². The molecule has 1 heterocycles. The van der Waals surface area contributed by atoms with E-state index >= 15 is 0 Å². The fraction of sp³-hybridized carbons (Fsp3) is 0.455. The van der Waals surface area contributed by atoms with Gasteiger partial charge in [0.25, 0.3) is 0 Å². The third-order valence-corrected chi connectivity index (χ3v) is 2.31. The van der Waals surface area contributed by atoms with Crippen LogP contribution in [0.3, 0.4) is 0 Å². The number of carbonyl (C=O) groups is 2. The molecule has 1 aromatic heterocycles. The van der Waals surface area contributed by atoms with Crippen LogP contribution in [0.15, 0.2) is 22.8 Å². The van der Waals surface area contributed by atoms with Gasteiger partial charge in [-0.3, -0.25) is 0 Å². The first-order valence-electron chi connectivity index (χ1n) is 5.49. The van der Waals surface area contributed by atoms with E-state index in [1.165, 1.54) is 6.26 Å². The summed E-state index contributed by atoms with van der Waals surface area (Å²) in [5.74, 6) is -0.683. The van der Waals surface area contributed by atoms with Crippen molar-refractivity contribution in [1.82, 2.24) is 10.6 Å². The molecule has 0 aliphatic heterocycles. The Morgan fingerprint density at radius 3 is 2.78 bits per heavy atom. The molecule has 18 heavy (non-hydrogen) atoms. The summed E-state index contributed by atoms with van der Waals surface area (Å²) < 4.78 is 5.11. The lowest BCUT2D eigenvalue weighted by Crippen LogP contribution is -2.38. The monoisotopic (exact) mass is 256 g/mol. The molecule has 0 saturated carbocycles. The van der Waals surface area contributed by atoms with Crippen LogP contribution in [0.1, 0.15) is 25.1 Å². The van der Waals surface area contributed by atoms with Crippen molar-refractivity contribution in [2.45, 2.75) is 25.5 Å². The van der Waals surface area contributed by atoms with Crippen LogP contribution in [0.2, 0.25) is 0 Å². The Labute approximate surface area is 104 Å². The van der Waals surface area contributed by atoms with Gasteiger partial charge in [-0.25, -0.2) is 9.59 Å². The number of aliphatic carboxylic acids is 1. The summed E-state index contributed by atoms with van der Waals surface area (Å²) in [6.45, 7) is 1.83. The molecule has 0 bridgehead atoms. The van der Waals surface area contributed by atoms with Crippen molar-refractivity contribution >= 4 is 12.0 Å². The first-order chi connectivity index (χ1) is 8.50. The van der Waals surface area contributed by atoms with Gasteiger partial charge in [0.05, 0.1) is 12.3 Å². The molecular weight excluding hydrogens is 240 g/mol. The summed E-state index contributed by atoms with van der Waals surface area (Å²) in [7, 11) is 0. The number of rotatable bonds is 6. The number of aliphatic hydroxyl groups is 1. The molecule has 1 unspecified atom stereocenters. The highest BCUT2D eigenvalue weighted by Gasteiger charge is 2.14. The van der Waals surface area contributed by atoms with E-state index < -0.39 is 18.1 Å². The van der Waals surface area contributed by atoms with E-state index in [1.807, 2.05) is 0 Å². The third-order valence-electron chi connectivity index (χ3n) is 2.31. The van der Waals surface area contributed by atoms with Crippen LogP contribution in [-0.4, -0.2) is 34.9 Å². The van der Waals surface area contributed by atoms with Crippen LogP contribution < -0.4 is 10.6 Å². The average molecular weight is 256 g/mol. The van der Waals surface area contributed by atoms with Gasteiger partial charge in [0, 0.05) is 13.0 Å². The molecule has 1 aromatic rings. The van der Waals surface area contributed by atoms with Crippen LogP contribution in [0.4, 0.5) is 4.79 Å². The Balaban J connectivity index is 2.24. The van der Waals surface area contributed by atoms with Gasteiger partial charge in [0.2, 0.25) is 0 Å². The first kappa shape index (κ1) is 14.0. The lowest BCUT2D eigenvalue weighted by molar-refractivity contribution is -0.146. The first-order valence-corrected chi connectivity index (χ1v) is 5.49. The number of aliphatic hydroxyl groups excluding tert-OH is 1. The molecule has 7 nitrogen and oxygen atoms in total. The maximum Gasteiger partial charge on any atom is 0.332 e. The summed E-state index contributed by atoms with van der Waals surface area (Å²) in [5, 5.41) is 22.5. The van der Waals surface area contributed by atoms with Crippen molar-refractivity contribution in [2.24, 2.45) is 0 Å². The topological polar surface area (TPSA) is 112 Å². The van der Waals surface area contributed by atoms with Crippen molar-refractivity contribution in [3.63, 3.8) is 0 Å². The van der Waals surface area contributed by atoms with Crippen LogP contribution >= 0.6 is 0 Å². The minimum absolute atomic E-state index is 0.0438. The molecule has 100 valence electrons. The minimum atomic E-state index is -1.47. The van der Waals surface area contributed by atoms with E-state index in [1.54, 1.807) is 19.1 Å². The van der Waals surface area contributed by atoms with Crippen LogP contribution in [0.5, 0.6) is 0 Å². The minimum Gasteiger partial charge on any atom is -0.479 e. The van der Waals surface area contributed by atoms with E-state index in [-0.39, 0.29) is 19.0 Å². The maximum atomic E-state index is 11.4. The highest BCUT2D eigenvalue weighted by Crippen LogP contribution is 2.11. The summed E-state index contributed by atoms with van der Waals surface area (Å²) in [6, 6.07) is 2.72. The highest BCUT2D eigenvalue weighted by atomic mass is 16.4. The molecule has 0 spiro atoms. The second-order valence-electron chi connectivity index (χ2n) is 3.78. The summed E-state index contributed by atoms with van der Waals surface area (Å²) in [5.41, 5.74) is 0. The van der Waals surface area contributed by atoms with Gasteiger partial charge in [-0.2, -0.15) is 0 Å². The van der Waals surface area contributed by atoms with Crippen molar-refractivity contribution in [2.75, 3.05) is 6.54 Å². The van der Waals surface area contributed by atoms with Crippen molar-refractivity contribution < 1.29 is 24.2 Å². The zero-order valence-electron chi connectivity index (χ0n) is 9.92. The molecule has 2 amide bonds. The predicted molar refractivity (Wildman–Crippen MR) is 61.9 cm³/mol. The number of amides is 2. The average Bonchev–Trinajstić information content (AvgIpc) is 2.81. The molecule has 0 radical (unpaired) electrons. The number of hydrogen-bond acceptors (Lipinski definition) is 4. The van der Waals surface area contributed by atoms with Gasteiger partial charge in [-0.1, -0.05) is 0 Å². The van der Waals surface area contributed by atoms with Crippen LogP contribution in [0, 0.1) is 0 Å². The summed E-state index contributed by atoms with van der Waals surface area (Å²) in [6.07, 6.45) is -0.000199. The Bertz CT molecular complexity index is 390. The zero-order chi connectivity index (χ0) is 13.5. The molecule has 0 aromatic carbocycles. The second kappa shape index (κ2) is 6.65. The normalized spacial score (nSPS) is 13.7. The van der Waals surface area contributed by atoms with Crippen molar-refractivity contribution in [3.05, 3.63) is 24.2 Å². The number of hydrogen-bond donors (Lipinski definition) is 4. The highest BCUT2D eigenvalue weighted by molar-refractivity contribution is 5.74. The molecule has 0 aliphatic carbocycles. The Morgan fingerprint density at radius 2 is 2.22 bits per heavy atom. The third kappa shape index (κ3) is 4.46. The SMILES string of the molecule is CC(NC(=O)NCC[C@H](O)C(=O)O)c1ccco1. The predicted octanol–water partition coefficient (Wildman–Crippen LogP) is 0.475. The van der Waals surface area contributed by atoms with E-state index in [2.05, 4.69) is 10.6 Å².